The van der Waals surface area contributed by atoms with Gasteiger partial charge in [0, 0.05) is 76.2 Å². The van der Waals surface area contributed by atoms with E-state index in [2.05, 4.69) is 185 Å². The minimum Gasteiger partial charge on any atom is -0.333 e. The molecular weight excluding hydrogens is 787 g/mol. The molecule has 5 nitrogen and oxygen atoms in total. The van der Waals surface area contributed by atoms with Gasteiger partial charge < -0.3 is 9.47 Å². The van der Waals surface area contributed by atoms with Gasteiger partial charge in [-0.05, 0) is 65.7 Å². The van der Waals surface area contributed by atoms with Gasteiger partial charge in [-0.1, -0.05) is 158 Å². The summed E-state index contributed by atoms with van der Waals surface area (Å²) < 4.78 is 4.96. The van der Waals surface area contributed by atoms with Crippen LogP contribution in [0.25, 0.3) is 93.0 Å². The standard InChI is InChI=1S/C57H37N5S/c1-4-17-36(18-5-1)55-58-56(37-19-6-2-7-20-37)60-57(59-55)39-22-16-21-38(31-39)45-32-41(33-48-44-27-12-15-30-53(44)63-54(45)48)62-50-29-14-11-26-43(50)47-34-46-42-25-10-13-28-49(42)61(51(46)35-52(47)62)40-23-8-3-9-24-40/h1-35,43,50H. The number of fused-ring (bicyclic) bond motifs is 9. The average Bonchev–Trinajstić information content (AvgIpc) is 4.01. The maximum absolute atomic E-state index is 5.11. The summed E-state index contributed by atoms with van der Waals surface area (Å²) in [6, 6.07) is 67.4. The van der Waals surface area contributed by atoms with E-state index in [4.69, 9.17) is 15.0 Å². The van der Waals surface area contributed by atoms with E-state index in [1.807, 2.05) is 47.7 Å². The zero-order valence-corrected chi connectivity index (χ0v) is 34.8. The third-order valence-electron chi connectivity index (χ3n) is 12.7. The Morgan fingerprint density at radius 1 is 0.429 bits per heavy atom. The van der Waals surface area contributed by atoms with Crippen LogP contribution in [0.15, 0.2) is 212 Å². The fraction of sp³-hybridized carbons (Fsp3) is 0.0351. The van der Waals surface area contributed by atoms with Crippen LogP contribution in [0.5, 0.6) is 0 Å². The molecule has 0 N–H and O–H groups in total. The molecule has 63 heavy (non-hydrogen) atoms. The monoisotopic (exact) mass is 823 g/mol. The molecule has 1 aliphatic heterocycles. The number of anilines is 2. The second-order valence-electron chi connectivity index (χ2n) is 16.4. The van der Waals surface area contributed by atoms with Crippen molar-refractivity contribution in [3.63, 3.8) is 0 Å². The molecule has 0 amide bonds. The summed E-state index contributed by atoms with van der Waals surface area (Å²) in [6.45, 7) is 0. The van der Waals surface area contributed by atoms with Crippen LogP contribution in [-0.2, 0) is 0 Å². The van der Waals surface area contributed by atoms with E-state index in [-0.39, 0.29) is 12.0 Å². The van der Waals surface area contributed by atoms with Crippen molar-refractivity contribution in [1.29, 1.82) is 0 Å². The molecule has 4 heterocycles. The number of nitrogens with zero attached hydrogens (tertiary/aromatic N) is 5. The molecule has 2 atom stereocenters. The van der Waals surface area contributed by atoms with Crippen molar-refractivity contribution in [3.05, 3.63) is 218 Å². The van der Waals surface area contributed by atoms with E-state index < -0.39 is 0 Å². The Kier molecular flexibility index (Phi) is 8.14. The van der Waals surface area contributed by atoms with Crippen molar-refractivity contribution in [2.75, 3.05) is 4.90 Å². The Labute approximate surface area is 368 Å². The summed E-state index contributed by atoms with van der Waals surface area (Å²) in [5, 5.41) is 5.07. The molecule has 0 saturated heterocycles. The summed E-state index contributed by atoms with van der Waals surface area (Å²) in [5.74, 6) is 2.14. The SMILES string of the molecule is C1=CC2c3cc4c5ccccc5n(-c5ccccc5)c4cc3N(c3cc(-c4cccc(-c5nc(-c6ccccc6)nc(-c6ccccc6)n5)c4)c4sc5ccccc5c4c3)C2C=C1. The fourth-order valence-electron chi connectivity index (χ4n) is 9.88. The number of para-hydroxylation sites is 2. The molecule has 1 aliphatic carbocycles. The zero-order chi connectivity index (χ0) is 41.4. The van der Waals surface area contributed by atoms with Crippen LogP contribution < -0.4 is 4.90 Å². The van der Waals surface area contributed by atoms with E-state index in [0.29, 0.717) is 17.5 Å². The van der Waals surface area contributed by atoms with Crippen LogP contribution in [0.1, 0.15) is 11.5 Å². The Morgan fingerprint density at radius 3 is 1.81 bits per heavy atom. The van der Waals surface area contributed by atoms with Gasteiger partial charge in [-0.15, -0.1) is 11.3 Å². The van der Waals surface area contributed by atoms with Gasteiger partial charge in [-0.25, -0.2) is 15.0 Å². The molecule has 296 valence electrons. The van der Waals surface area contributed by atoms with Gasteiger partial charge in [-0.3, -0.25) is 0 Å². The highest BCUT2D eigenvalue weighted by atomic mass is 32.1. The van der Waals surface area contributed by atoms with E-state index in [1.165, 1.54) is 64.5 Å². The van der Waals surface area contributed by atoms with Crippen molar-refractivity contribution in [2.24, 2.45) is 0 Å². The summed E-state index contributed by atoms with van der Waals surface area (Å²) in [7, 11) is 0. The van der Waals surface area contributed by atoms with Gasteiger partial charge in [0.15, 0.2) is 17.5 Å². The first-order chi connectivity index (χ1) is 31.2. The van der Waals surface area contributed by atoms with Crippen LogP contribution >= 0.6 is 11.3 Å². The lowest BCUT2D eigenvalue weighted by atomic mass is 9.90. The number of hydrogen-bond donors (Lipinski definition) is 0. The van der Waals surface area contributed by atoms with Crippen molar-refractivity contribution < 1.29 is 0 Å². The molecule has 0 spiro atoms. The minimum absolute atomic E-state index is 0.118. The Morgan fingerprint density at radius 2 is 1.05 bits per heavy atom. The Hall–Kier alpha value is -7.93. The van der Waals surface area contributed by atoms with Crippen LogP contribution in [0, 0.1) is 0 Å². The van der Waals surface area contributed by atoms with Crippen molar-refractivity contribution in [2.45, 2.75) is 12.0 Å². The molecule has 2 unspecified atom stereocenters. The number of hydrogen-bond acceptors (Lipinski definition) is 5. The molecule has 0 radical (unpaired) electrons. The van der Waals surface area contributed by atoms with Gasteiger partial charge in [-0.2, -0.15) is 0 Å². The van der Waals surface area contributed by atoms with Gasteiger partial charge in [0.05, 0.1) is 17.1 Å². The van der Waals surface area contributed by atoms with Crippen LogP contribution in [0.3, 0.4) is 0 Å². The molecule has 11 aromatic rings. The highest BCUT2D eigenvalue weighted by Gasteiger charge is 2.39. The lowest BCUT2D eigenvalue weighted by Crippen LogP contribution is -2.28. The molecule has 13 rings (SSSR count). The average molecular weight is 824 g/mol. The molecule has 0 fully saturated rings. The van der Waals surface area contributed by atoms with Gasteiger partial charge >= 0.3 is 0 Å². The maximum atomic E-state index is 5.11. The van der Waals surface area contributed by atoms with Gasteiger partial charge in [0.25, 0.3) is 0 Å². The third-order valence-corrected chi connectivity index (χ3v) is 14.0. The zero-order valence-electron chi connectivity index (χ0n) is 34.0. The topological polar surface area (TPSA) is 46.8 Å². The quantitative estimate of drug-likeness (QED) is 0.168. The van der Waals surface area contributed by atoms with E-state index in [0.717, 1.165) is 27.9 Å². The summed E-state index contributed by atoms with van der Waals surface area (Å²) in [5.41, 5.74) is 12.5. The van der Waals surface area contributed by atoms with Crippen LogP contribution in [-0.4, -0.2) is 25.6 Å². The van der Waals surface area contributed by atoms with E-state index in [1.54, 1.807) is 0 Å². The second kappa shape index (κ2) is 14.3. The number of benzene rings is 8. The third kappa shape index (κ3) is 5.79. The second-order valence-corrected chi connectivity index (χ2v) is 17.4. The minimum atomic E-state index is 0.118. The summed E-state index contributed by atoms with van der Waals surface area (Å²) >= 11 is 1.86. The molecule has 8 aromatic carbocycles. The first-order valence-corrected chi connectivity index (χ1v) is 22.2. The first-order valence-electron chi connectivity index (χ1n) is 21.4. The van der Waals surface area contributed by atoms with Crippen molar-refractivity contribution >= 4 is 64.7 Å². The van der Waals surface area contributed by atoms with Crippen molar-refractivity contribution in [1.82, 2.24) is 19.5 Å². The smallest absolute Gasteiger partial charge is 0.164 e. The largest absolute Gasteiger partial charge is 0.333 e. The normalized spacial score (nSPS) is 15.5. The highest BCUT2D eigenvalue weighted by molar-refractivity contribution is 7.26. The summed E-state index contributed by atoms with van der Waals surface area (Å²) in [4.78, 5) is 17.8. The molecule has 6 heteroatoms. The predicted octanol–water partition coefficient (Wildman–Crippen LogP) is 14.7. The number of aromatic nitrogens is 4. The van der Waals surface area contributed by atoms with Crippen LogP contribution in [0.2, 0.25) is 0 Å². The van der Waals surface area contributed by atoms with Crippen LogP contribution in [0.4, 0.5) is 11.4 Å². The highest BCUT2D eigenvalue weighted by Crippen LogP contribution is 2.53. The van der Waals surface area contributed by atoms with Crippen molar-refractivity contribution in [3.8, 4) is 51.0 Å². The summed E-state index contributed by atoms with van der Waals surface area (Å²) in [6.07, 6.45) is 9.19. The molecule has 3 aromatic heterocycles. The number of rotatable bonds is 6. The lowest BCUT2D eigenvalue weighted by molar-refractivity contribution is 0.745. The Balaban J connectivity index is 1.03. The Bertz CT molecular complexity index is 3590. The molecule has 0 bridgehead atoms. The fourth-order valence-corrected chi connectivity index (χ4v) is 11.1. The number of allylic oxidation sites excluding steroid dienone is 2. The molecular formula is C57H37N5S. The predicted molar refractivity (Wildman–Crippen MR) is 262 cm³/mol. The molecule has 2 aliphatic rings. The van der Waals surface area contributed by atoms with E-state index in [9.17, 15) is 0 Å². The maximum Gasteiger partial charge on any atom is 0.164 e. The van der Waals surface area contributed by atoms with Gasteiger partial charge in [0.1, 0.15) is 0 Å². The lowest BCUT2D eigenvalue weighted by Gasteiger charge is -2.29. The molecule has 0 saturated carbocycles. The van der Waals surface area contributed by atoms with Gasteiger partial charge in [0.2, 0.25) is 0 Å². The first kappa shape index (κ1) is 35.8. The van der Waals surface area contributed by atoms with E-state index >= 15 is 0 Å². The number of thiophene rings is 1.